The molecule has 0 fully saturated rings. The summed E-state index contributed by atoms with van der Waals surface area (Å²) in [5.41, 5.74) is 12.2. The van der Waals surface area contributed by atoms with Gasteiger partial charge in [-0.25, -0.2) is 4.98 Å². The maximum Gasteiger partial charge on any atom is 0.123 e. The van der Waals surface area contributed by atoms with E-state index in [1.54, 1.807) is 0 Å². The van der Waals surface area contributed by atoms with Crippen molar-refractivity contribution < 1.29 is 0 Å². The Hall–Kier alpha value is -3.17. The molecule has 3 aromatic carbocycles. The SMILES string of the molecule is N[C@H](CCc1ccccc1)c1ncc(-c2ccc(-c3ccccc3)cc2)[nH]1. The van der Waals surface area contributed by atoms with Crippen LogP contribution in [-0.2, 0) is 6.42 Å². The number of aryl methyl sites for hydroxylation is 1. The highest BCUT2D eigenvalue weighted by atomic mass is 15.0. The maximum absolute atomic E-state index is 6.34. The molecule has 0 unspecified atom stereocenters. The van der Waals surface area contributed by atoms with Gasteiger partial charge in [-0.3, -0.25) is 0 Å². The van der Waals surface area contributed by atoms with Crippen molar-refractivity contribution in [1.29, 1.82) is 0 Å². The Morgan fingerprint density at radius 3 is 2.04 bits per heavy atom. The monoisotopic (exact) mass is 353 g/mol. The van der Waals surface area contributed by atoms with E-state index >= 15 is 0 Å². The summed E-state index contributed by atoms with van der Waals surface area (Å²) >= 11 is 0. The summed E-state index contributed by atoms with van der Waals surface area (Å²) in [5, 5.41) is 0. The molecule has 1 atom stereocenters. The van der Waals surface area contributed by atoms with Crippen molar-refractivity contribution in [2.24, 2.45) is 5.73 Å². The lowest BCUT2D eigenvalue weighted by atomic mass is 10.0. The summed E-state index contributed by atoms with van der Waals surface area (Å²) in [6, 6.07) is 29.2. The summed E-state index contributed by atoms with van der Waals surface area (Å²) in [6.07, 6.45) is 3.68. The third kappa shape index (κ3) is 4.15. The van der Waals surface area contributed by atoms with E-state index < -0.39 is 0 Å². The highest BCUT2D eigenvalue weighted by Crippen LogP contribution is 2.25. The van der Waals surface area contributed by atoms with Gasteiger partial charge in [-0.2, -0.15) is 0 Å². The zero-order chi connectivity index (χ0) is 18.5. The first-order valence-corrected chi connectivity index (χ1v) is 9.30. The number of hydrogen-bond donors (Lipinski definition) is 2. The summed E-state index contributed by atoms with van der Waals surface area (Å²) in [6.45, 7) is 0. The largest absolute Gasteiger partial charge is 0.341 e. The van der Waals surface area contributed by atoms with E-state index in [4.69, 9.17) is 5.73 Å². The van der Waals surface area contributed by atoms with Crippen LogP contribution in [0, 0.1) is 0 Å². The summed E-state index contributed by atoms with van der Waals surface area (Å²) in [7, 11) is 0. The third-order valence-corrected chi connectivity index (χ3v) is 4.84. The van der Waals surface area contributed by atoms with Crippen LogP contribution in [0.5, 0.6) is 0 Å². The Labute approximate surface area is 159 Å². The highest BCUT2D eigenvalue weighted by molar-refractivity contribution is 5.68. The standard InChI is InChI=1S/C24H23N3/c25-22(16-11-18-7-3-1-4-8-18)24-26-17-23(27-24)21-14-12-20(13-15-21)19-9-5-2-6-10-19/h1-10,12-15,17,22H,11,16,25H2,(H,26,27)/t22-/m1/s1. The second-order valence-electron chi connectivity index (χ2n) is 6.76. The fourth-order valence-corrected chi connectivity index (χ4v) is 3.25. The molecule has 3 nitrogen and oxygen atoms in total. The van der Waals surface area contributed by atoms with Crippen LogP contribution in [0.2, 0.25) is 0 Å². The molecule has 134 valence electrons. The maximum atomic E-state index is 6.34. The lowest BCUT2D eigenvalue weighted by molar-refractivity contribution is 0.619. The molecule has 4 aromatic rings. The van der Waals surface area contributed by atoms with Gasteiger partial charge in [0.15, 0.2) is 0 Å². The predicted octanol–water partition coefficient (Wildman–Crippen LogP) is 5.38. The minimum absolute atomic E-state index is 0.0949. The van der Waals surface area contributed by atoms with Gasteiger partial charge in [0.25, 0.3) is 0 Å². The number of nitrogens with one attached hydrogen (secondary N) is 1. The number of nitrogens with two attached hydrogens (primary N) is 1. The highest BCUT2D eigenvalue weighted by Gasteiger charge is 2.11. The van der Waals surface area contributed by atoms with E-state index in [9.17, 15) is 0 Å². The van der Waals surface area contributed by atoms with Crippen LogP contribution in [0.15, 0.2) is 91.1 Å². The van der Waals surface area contributed by atoms with Gasteiger partial charge in [-0.1, -0.05) is 84.9 Å². The fourth-order valence-electron chi connectivity index (χ4n) is 3.25. The Morgan fingerprint density at radius 1 is 0.741 bits per heavy atom. The van der Waals surface area contributed by atoms with Crippen LogP contribution in [0.4, 0.5) is 0 Å². The normalized spacial score (nSPS) is 12.0. The van der Waals surface area contributed by atoms with E-state index in [-0.39, 0.29) is 6.04 Å². The molecule has 3 N–H and O–H groups in total. The van der Waals surface area contributed by atoms with Gasteiger partial charge in [0.2, 0.25) is 0 Å². The zero-order valence-corrected chi connectivity index (χ0v) is 15.2. The van der Waals surface area contributed by atoms with Crippen molar-refractivity contribution in [3.05, 3.63) is 103 Å². The van der Waals surface area contributed by atoms with Crippen LogP contribution < -0.4 is 5.73 Å². The number of imidazole rings is 1. The van der Waals surface area contributed by atoms with Gasteiger partial charge in [0.1, 0.15) is 5.82 Å². The third-order valence-electron chi connectivity index (χ3n) is 4.84. The molecular formula is C24H23N3. The number of aromatic nitrogens is 2. The van der Waals surface area contributed by atoms with Gasteiger partial charge in [0.05, 0.1) is 17.9 Å². The topological polar surface area (TPSA) is 54.7 Å². The quantitative estimate of drug-likeness (QED) is 0.489. The second-order valence-corrected chi connectivity index (χ2v) is 6.76. The molecule has 4 rings (SSSR count). The Morgan fingerprint density at radius 2 is 1.33 bits per heavy atom. The molecule has 0 amide bonds. The smallest absolute Gasteiger partial charge is 0.123 e. The minimum Gasteiger partial charge on any atom is -0.341 e. The number of H-pyrrole nitrogens is 1. The minimum atomic E-state index is -0.0949. The fraction of sp³-hybridized carbons (Fsp3) is 0.125. The molecular weight excluding hydrogens is 330 g/mol. The van der Waals surface area contributed by atoms with Crippen molar-refractivity contribution in [3.63, 3.8) is 0 Å². The van der Waals surface area contributed by atoms with Gasteiger partial charge in [-0.05, 0) is 35.1 Å². The molecule has 0 radical (unpaired) electrons. The Bertz CT molecular complexity index is 973. The first-order chi connectivity index (χ1) is 13.3. The van der Waals surface area contributed by atoms with Gasteiger partial charge < -0.3 is 10.7 Å². The van der Waals surface area contributed by atoms with E-state index in [1.165, 1.54) is 16.7 Å². The first kappa shape index (κ1) is 17.3. The lowest BCUT2D eigenvalue weighted by Gasteiger charge is -2.09. The van der Waals surface area contributed by atoms with Crippen molar-refractivity contribution in [1.82, 2.24) is 9.97 Å². The van der Waals surface area contributed by atoms with Crippen LogP contribution in [0.25, 0.3) is 22.4 Å². The van der Waals surface area contributed by atoms with Crippen molar-refractivity contribution in [3.8, 4) is 22.4 Å². The van der Waals surface area contributed by atoms with E-state index in [1.807, 2.05) is 18.3 Å². The van der Waals surface area contributed by atoms with E-state index in [0.717, 1.165) is 29.9 Å². The Kier molecular flexibility index (Phi) is 5.13. The molecule has 0 bridgehead atoms. The number of aromatic amines is 1. The van der Waals surface area contributed by atoms with Gasteiger partial charge >= 0.3 is 0 Å². The molecule has 0 aliphatic heterocycles. The summed E-state index contributed by atoms with van der Waals surface area (Å²) in [5.74, 6) is 0.841. The first-order valence-electron chi connectivity index (χ1n) is 9.30. The lowest BCUT2D eigenvalue weighted by Crippen LogP contribution is -2.13. The molecule has 3 heteroatoms. The average molecular weight is 353 g/mol. The average Bonchev–Trinajstić information content (AvgIpc) is 3.24. The number of benzene rings is 3. The summed E-state index contributed by atoms with van der Waals surface area (Å²) in [4.78, 5) is 7.89. The Balaban J connectivity index is 1.44. The second kappa shape index (κ2) is 8.02. The van der Waals surface area contributed by atoms with Gasteiger partial charge in [0, 0.05) is 0 Å². The molecule has 0 spiro atoms. The van der Waals surface area contributed by atoms with Crippen LogP contribution in [-0.4, -0.2) is 9.97 Å². The molecule has 27 heavy (non-hydrogen) atoms. The van der Waals surface area contributed by atoms with E-state index in [0.29, 0.717) is 0 Å². The van der Waals surface area contributed by atoms with Crippen LogP contribution >= 0.6 is 0 Å². The predicted molar refractivity (Wildman–Crippen MR) is 111 cm³/mol. The molecule has 0 aliphatic carbocycles. The zero-order valence-electron chi connectivity index (χ0n) is 15.2. The van der Waals surface area contributed by atoms with Crippen molar-refractivity contribution >= 4 is 0 Å². The molecule has 0 saturated heterocycles. The number of nitrogens with zero attached hydrogens (tertiary/aromatic N) is 1. The van der Waals surface area contributed by atoms with Crippen molar-refractivity contribution in [2.75, 3.05) is 0 Å². The molecule has 0 aliphatic rings. The van der Waals surface area contributed by atoms with Crippen molar-refractivity contribution in [2.45, 2.75) is 18.9 Å². The van der Waals surface area contributed by atoms with Crippen LogP contribution in [0.3, 0.4) is 0 Å². The number of rotatable bonds is 6. The summed E-state index contributed by atoms with van der Waals surface area (Å²) < 4.78 is 0. The van der Waals surface area contributed by atoms with E-state index in [2.05, 4.69) is 82.8 Å². The number of hydrogen-bond acceptors (Lipinski definition) is 2. The molecule has 1 aromatic heterocycles. The molecule has 0 saturated carbocycles. The van der Waals surface area contributed by atoms with Crippen LogP contribution in [0.1, 0.15) is 23.9 Å². The molecule has 1 heterocycles. The van der Waals surface area contributed by atoms with Gasteiger partial charge in [-0.15, -0.1) is 0 Å².